The molecule has 0 aliphatic rings. The summed E-state index contributed by atoms with van der Waals surface area (Å²) in [5, 5.41) is 6.73. The lowest BCUT2D eigenvalue weighted by molar-refractivity contribution is 0.236. The molecule has 0 saturated heterocycles. The molecule has 148 valence electrons. The van der Waals surface area contributed by atoms with Crippen molar-refractivity contribution < 1.29 is 18.7 Å². The van der Waals surface area contributed by atoms with Gasteiger partial charge >= 0.3 is 6.03 Å². The van der Waals surface area contributed by atoms with E-state index in [1.165, 1.54) is 0 Å². The van der Waals surface area contributed by atoms with Crippen LogP contribution in [0.4, 0.5) is 4.79 Å². The number of amides is 2. The molecule has 28 heavy (non-hydrogen) atoms. The topological polar surface area (TPSA) is 72.7 Å². The van der Waals surface area contributed by atoms with Crippen molar-refractivity contribution in [2.45, 2.75) is 26.3 Å². The fraction of sp³-hybridized carbons (Fsp3) is 0.318. The number of hydrogen-bond donors (Lipinski definition) is 2. The molecule has 0 fully saturated rings. The summed E-state index contributed by atoms with van der Waals surface area (Å²) >= 11 is 0. The van der Waals surface area contributed by atoms with Crippen LogP contribution in [0.2, 0.25) is 0 Å². The van der Waals surface area contributed by atoms with Gasteiger partial charge in [0.1, 0.15) is 11.5 Å². The van der Waals surface area contributed by atoms with Gasteiger partial charge < -0.3 is 24.5 Å². The number of nitrogens with one attached hydrogen (secondary N) is 2. The normalized spacial score (nSPS) is 11.8. The highest BCUT2D eigenvalue weighted by Gasteiger charge is 2.16. The zero-order chi connectivity index (χ0) is 19.9. The lowest BCUT2D eigenvalue weighted by Crippen LogP contribution is -2.37. The summed E-state index contributed by atoms with van der Waals surface area (Å²) in [4.78, 5) is 12.2. The van der Waals surface area contributed by atoms with Gasteiger partial charge in [-0.15, -0.1) is 0 Å². The molecule has 3 rings (SSSR count). The van der Waals surface area contributed by atoms with E-state index in [9.17, 15) is 4.79 Å². The third-order valence-corrected chi connectivity index (χ3v) is 4.47. The van der Waals surface area contributed by atoms with Crippen molar-refractivity contribution in [2.24, 2.45) is 0 Å². The van der Waals surface area contributed by atoms with Crippen molar-refractivity contribution in [3.8, 4) is 11.5 Å². The van der Waals surface area contributed by atoms with Crippen LogP contribution in [0.25, 0.3) is 11.0 Å². The predicted octanol–water partition coefficient (Wildman–Crippen LogP) is 4.44. The molecule has 1 aromatic heterocycles. The van der Waals surface area contributed by atoms with Gasteiger partial charge in [-0.25, -0.2) is 4.79 Å². The molecule has 0 radical (unpaired) electrons. The van der Waals surface area contributed by atoms with Crippen LogP contribution in [-0.4, -0.2) is 26.3 Å². The highest BCUT2D eigenvalue weighted by molar-refractivity contribution is 5.84. The molecule has 0 saturated carbocycles. The third kappa shape index (κ3) is 4.57. The fourth-order valence-corrected chi connectivity index (χ4v) is 3.08. The van der Waals surface area contributed by atoms with Gasteiger partial charge in [0.15, 0.2) is 11.3 Å². The maximum absolute atomic E-state index is 12.2. The Balaban J connectivity index is 1.57. The smallest absolute Gasteiger partial charge is 0.315 e. The number of para-hydroxylation sites is 2. The average Bonchev–Trinajstić information content (AvgIpc) is 3.14. The number of furan rings is 1. The van der Waals surface area contributed by atoms with E-state index in [-0.39, 0.29) is 12.1 Å². The van der Waals surface area contributed by atoms with Crippen molar-refractivity contribution in [1.29, 1.82) is 0 Å². The number of ether oxygens (including phenoxy) is 2. The first kappa shape index (κ1) is 19.6. The highest BCUT2D eigenvalue weighted by Crippen LogP contribution is 2.31. The Labute approximate surface area is 164 Å². The predicted molar refractivity (Wildman–Crippen MR) is 109 cm³/mol. The molecule has 0 aliphatic heterocycles. The van der Waals surface area contributed by atoms with Gasteiger partial charge in [-0.3, -0.25) is 0 Å². The van der Waals surface area contributed by atoms with Crippen molar-refractivity contribution in [1.82, 2.24) is 10.6 Å². The molecular formula is C22H26N2O4. The second kappa shape index (κ2) is 9.17. The summed E-state index contributed by atoms with van der Waals surface area (Å²) in [5.74, 6) is 2.21. The molecule has 1 unspecified atom stereocenters. The van der Waals surface area contributed by atoms with Gasteiger partial charge in [0.05, 0.1) is 19.8 Å². The zero-order valence-electron chi connectivity index (χ0n) is 16.5. The summed E-state index contributed by atoms with van der Waals surface area (Å²) in [5.41, 5.74) is 1.75. The maximum Gasteiger partial charge on any atom is 0.315 e. The summed E-state index contributed by atoms with van der Waals surface area (Å²) in [6.45, 7) is 4.89. The molecule has 0 aliphatic carbocycles. The maximum atomic E-state index is 12.2. The summed E-state index contributed by atoms with van der Waals surface area (Å²) in [6.07, 6.45) is 0.689. The van der Waals surface area contributed by atoms with E-state index in [4.69, 9.17) is 13.9 Å². The van der Waals surface area contributed by atoms with E-state index in [0.717, 1.165) is 16.7 Å². The second-order valence-corrected chi connectivity index (χ2v) is 6.44. The number of methoxy groups -OCH3 is 1. The van der Waals surface area contributed by atoms with Gasteiger partial charge in [-0.05, 0) is 44.0 Å². The SMILES string of the molecule is CCOc1cccc2cc(C(C)NC(=O)NCCc3ccccc3OC)oc12. The Morgan fingerprint density at radius 2 is 1.93 bits per heavy atom. The number of carbonyl (C=O) groups is 1. The molecule has 0 bridgehead atoms. The minimum atomic E-state index is -0.270. The molecule has 6 nitrogen and oxygen atoms in total. The van der Waals surface area contributed by atoms with Crippen molar-refractivity contribution >= 4 is 17.0 Å². The number of benzene rings is 2. The van der Waals surface area contributed by atoms with Crippen LogP contribution in [0.1, 0.15) is 31.2 Å². The molecular weight excluding hydrogens is 356 g/mol. The van der Waals surface area contributed by atoms with Gasteiger partial charge in [0.2, 0.25) is 0 Å². The Bertz CT molecular complexity index is 935. The van der Waals surface area contributed by atoms with E-state index < -0.39 is 0 Å². The first-order valence-electron chi connectivity index (χ1n) is 9.44. The Hall–Kier alpha value is -3.15. The third-order valence-electron chi connectivity index (χ3n) is 4.47. The lowest BCUT2D eigenvalue weighted by atomic mass is 10.1. The van der Waals surface area contributed by atoms with E-state index in [2.05, 4.69) is 10.6 Å². The molecule has 2 aromatic carbocycles. The quantitative estimate of drug-likeness (QED) is 0.604. The first-order valence-corrected chi connectivity index (χ1v) is 9.44. The van der Waals surface area contributed by atoms with E-state index in [1.54, 1.807) is 7.11 Å². The van der Waals surface area contributed by atoms with Crippen LogP contribution in [0, 0.1) is 0 Å². The van der Waals surface area contributed by atoms with Crippen molar-refractivity contribution in [2.75, 3.05) is 20.3 Å². The van der Waals surface area contributed by atoms with Gasteiger partial charge in [0.25, 0.3) is 0 Å². The molecule has 0 spiro atoms. The van der Waals surface area contributed by atoms with Crippen molar-refractivity contribution in [3.63, 3.8) is 0 Å². The van der Waals surface area contributed by atoms with Gasteiger partial charge in [-0.2, -0.15) is 0 Å². The first-order chi connectivity index (χ1) is 13.6. The van der Waals surface area contributed by atoms with Crippen LogP contribution in [0.5, 0.6) is 11.5 Å². The molecule has 1 atom stereocenters. The van der Waals surface area contributed by atoms with Crippen LogP contribution < -0.4 is 20.1 Å². The monoisotopic (exact) mass is 382 g/mol. The average molecular weight is 382 g/mol. The Kier molecular flexibility index (Phi) is 6.42. The summed E-state index contributed by atoms with van der Waals surface area (Å²) < 4.78 is 16.9. The number of hydrogen-bond acceptors (Lipinski definition) is 4. The van der Waals surface area contributed by atoms with Crippen LogP contribution in [-0.2, 0) is 6.42 Å². The minimum Gasteiger partial charge on any atom is -0.496 e. The Morgan fingerprint density at radius 1 is 1.14 bits per heavy atom. The van der Waals surface area contributed by atoms with E-state index in [1.807, 2.05) is 62.4 Å². The fourth-order valence-electron chi connectivity index (χ4n) is 3.08. The largest absolute Gasteiger partial charge is 0.496 e. The van der Waals surface area contributed by atoms with E-state index >= 15 is 0 Å². The number of fused-ring (bicyclic) bond motifs is 1. The van der Waals surface area contributed by atoms with Gasteiger partial charge in [-0.1, -0.05) is 30.3 Å². The standard InChI is InChI=1S/C22H26N2O4/c1-4-27-19-11-7-9-17-14-20(28-21(17)19)15(2)24-22(25)23-13-12-16-8-5-6-10-18(16)26-3/h5-11,14-15H,4,12-13H2,1-3H3,(H2,23,24,25). The summed E-state index contributed by atoms with van der Waals surface area (Å²) in [6, 6.07) is 15.0. The van der Waals surface area contributed by atoms with Crippen LogP contribution in [0.3, 0.4) is 0 Å². The molecule has 3 aromatic rings. The molecule has 2 N–H and O–H groups in total. The van der Waals surface area contributed by atoms with E-state index in [0.29, 0.717) is 36.7 Å². The number of rotatable bonds is 8. The van der Waals surface area contributed by atoms with Crippen LogP contribution >= 0.6 is 0 Å². The van der Waals surface area contributed by atoms with Crippen molar-refractivity contribution in [3.05, 3.63) is 59.9 Å². The molecule has 1 heterocycles. The second-order valence-electron chi connectivity index (χ2n) is 6.44. The van der Waals surface area contributed by atoms with Gasteiger partial charge in [0, 0.05) is 11.9 Å². The highest BCUT2D eigenvalue weighted by atomic mass is 16.5. The number of urea groups is 1. The lowest BCUT2D eigenvalue weighted by Gasteiger charge is -2.13. The summed E-state index contributed by atoms with van der Waals surface area (Å²) in [7, 11) is 1.64. The zero-order valence-corrected chi connectivity index (χ0v) is 16.5. The van der Waals surface area contributed by atoms with Crippen LogP contribution in [0.15, 0.2) is 52.9 Å². The minimum absolute atomic E-state index is 0.243. The molecule has 2 amide bonds. The molecule has 6 heteroatoms. The number of carbonyl (C=O) groups excluding carboxylic acids is 1. The Morgan fingerprint density at radius 3 is 2.71 bits per heavy atom.